The van der Waals surface area contributed by atoms with Crippen molar-refractivity contribution in [2.24, 2.45) is 0 Å². The second-order valence-corrected chi connectivity index (χ2v) is 3.81. The first-order valence-corrected chi connectivity index (χ1v) is 5.26. The molecule has 3 rings (SSSR count). The van der Waals surface area contributed by atoms with Crippen molar-refractivity contribution in [2.45, 2.75) is 6.92 Å². The van der Waals surface area contributed by atoms with Gasteiger partial charge in [-0.05, 0) is 5.56 Å². The molecule has 0 unspecified atom stereocenters. The van der Waals surface area contributed by atoms with E-state index in [4.69, 9.17) is 0 Å². The first-order chi connectivity index (χ1) is 8.25. The highest BCUT2D eigenvalue weighted by molar-refractivity contribution is 5.91. The van der Waals surface area contributed by atoms with Crippen LogP contribution < -0.4 is 0 Å². The Bertz CT molecular complexity index is 681. The average molecular weight is 226 g/mol. The van der Waals surface area contributed by atoms with E-state index in [0.29, 0.717) is 11.5 Å². The molecule has 3 aromatic rings. The van der Waals surface area contributed by atoms with Crippen molar-refractivity contribution in [2.75, 3.05) is 0 Å². The van der Waals surface area contributed by atoms with E-state index in [0.717, 1.165) is 11.3 Å². The van der Waals surface area contributed by atoms with Gasteiger partial charge in [-0.15, -0.1) is 10.2 Å². The first kappa shape index (κ1) is 9.77. The number of nitrogens with zero attached hydrogens (tertiary/aromatic N) is 3. The van der Waals surface area contributed by atoms with Gasteiger partial charge in [0.2, 0.25) is 5.82 Å². The fraction of sp³-hybridized carbons (Fsp3) is 0.0833. The zero-order valence-electron chi connectivity index (χ0n) is 9.21. The Balaban J connectivity index is 2.18. The summed E-state index contributed by atoms with van der Waals surface area (Å²) in [6, 6.07) is 11.7. The minimum Gasteiger partial charge on any atom is -0.291 e. The Morgan fingerprint density at radius 2 is 2.00 bits per heavy atom. The Kier molecular flexibility index (Phi) is 2.04. The van der Waals surface area contributed by atoms with E-state index in [9.17, 15) is 4.79 Å². The van der Waals surface area contributed by atoms with Gasteiger partial charge in [0.1, 0.15) is 0 Å². The molecule has 0 spiro atoms. The van der Waals surface area contributed by atoms with Crippen molar-refractivity contribution in [3.63, 3.8) is 0 Å². The highest BCUT2D eigenvalue weighted by Gasteiger charge is 2.12. The molecule has 0 aliphatic carbocycles. The van der Waals surface area contributed by atoms with Crippen LogP contribution in [0.2, 0.25) is 0 Å². The van der Waals surface area contributed by atoms with Crippen LogP contribution in [0.1, 0.15) is 17.5 Å². The van der Waals surface area contributed by atoms with Gasteiger partial charge in [-0.25, -0.2) is 4.52 Å². The van der Waals surface area contributed by atoms with E-state index in [1.54, 1.807) is 4.52 Å². The lowest BCUT2D eigenvalue weighted by Crippen LogP contribution is -2.01. The van der Waals surface area contributed by atoms with Gasteiger partial charge in [-0.1, -0.05) is 30.3 Å². The molecule has 84 valence electrons. The lowest BCUT2D eigenvalue weighted by Gasteiger charge is -1.96. The number of fused-ring (bicyclic) bond motifs is 1. The van der Waals surface area contributed by atoms with Gasteiger partial charge in [0.15, 0.2) is 11.4 Å². The fourth-order valence-electron chi connectivity index (χ4n) is 1.78. The predicted molar refractivity (Wildman–Crippen MR) is 62.8 cm³/mol. The lowest BCUT2D eigenvalue weighted by molar-refractivity contribution is 0.100. The van der Waals surface area contributed by atoms with E-state index < -0.39 is 0 Å². The van der Waals surface area contributed by atoms with E-state index in [-0.39, 0.29) is 5.78 Å². The Hall–Kier alpha value is -2.43. The highest BCUT2D eigenvalue weighted by Crippen LogP contribution is 2.18. The maximum Gasteiger partial charge on any atom is 0.219 e. The average Bonchev–Trinajstić information content (AvgIpc) is 2.88. The van der Waals surface area contributed by atoms with E-state index in [1.807, 2.05) is 36.4 Å². The number of nitrogens with one attached hydrogen (secondary N) is 1. The van der Waals surface area contributed by atoms with Gasteiger partial charge in [0.05, 0.1) is 5.69 Å². The summed E-state index contributed by atoms with van der Waals surface area (Å²) in [5.74, 6) is 0.209. The third kappa shape index (κ3) is 1.52. The molecule has 0 saturated carbocycles. The summed E-state index contributed by atoms with van der Waals surface area (Å²) in [4.78, 5) is 11.3. The number of carbonyl (C=O) groups excluding carboxylic acids is 1. The molecular weight excluding hydrogens is 216 g/mol. The summed E-state index contributed by atoms with van der Waals surface area (Å²) < 4.78 is 1.60. The van der Waals surface area contributed by atoms with Crippen LogP contribution in [0.15, 0.2) is 36.4 Å². The van der Waals surface area contributed by atoms with Crippen molar-refractivity contribution >= 4 is 11.4 Å². The monoisotopic (exact) mass is 226 g/mol. The van der Waals surface area contributed by atoms with E-state index >= 15 is 0 Å². The maximum atomic E-state index is 11.3. The van der Waals surface area contributed by atoms with Crippen LogP contribution in [0, 0.1) is 0 Å². The van der Waals surface area contributed by atoms with Crippen molar-refractivity contribution in [3.8, 4) is 11.3 Å². The molecule has 17 heavy (non-hydrogen) atoms. The minimum absolute atomic E-state index is 0.112. The molecule has 0 radical (unpaired) electrons. The van der Waals surface area contributed by atoms with Crippen LogP contribution in [0.3, 0.4) is 0 Å². The maximum absolute atomic E-state index is 11.3. The van der Waals surface area contributed by atoms with Crippen molar-refractivity contribution in [3.05, 3.63) is 42.2 Å². The zero-order valence-corrected chi connectivity index (χ0v) is 9.21. The normalized spacial score (nSPS) is 10.9. The number of benzene rings is 1. The molecule has 0 saturated heterocycles. The number of hydrogen-bond donors (Lipinski definition) is 1. The number of ketones is 1. The number of Topliss-reactive ketones (excluding diaryl/α,β-unsaturated/α-hetero) is 1. The molecule has 5 nitrogen and oxygen atoms in total. The number of hydrogen-bond acceptors (Lipinski definition) is 3. The molecule has 2 heterocycles. The summed E-state index contributed by atoms with van der Waals surface area (Å²) in [6.07, 6.45) is 0. The summed E-state index contributed by atoms with van der Waals surface area (Å²) in [5, 5.41) is 10.9. The van der Waals surface area contributed by atoms with Gasteiger partial charge in [0, 0.05) is 13.0 Å². The minimum atomic E-state index is -0.112. The number of rotatable bonds is 2. The van der Waals surface area contributed by atoms with Crippen LogP contribution in [0.5, 0.6) is 0 Å². The molecule has 0 fully saturated rings. The number of aromatic amines is 1. The number of H-pyrrole nitrogens is 1. The molecule has 0 bridgehead atoms. The third-order valence-corrected chi connectivity index (χ3v) is 2.59. The smallest absolute Gasteiger partial charge is 0.219 e. The van der Waals surface area contributed by atoms with Crippen molar-refractivity contribution in [1.29, 1.82) is 0 Å². The summed E-state index contributed by atoms with van der Waals surface area (Å²) in [6.45, 7) is 1.47. The summed E-state index contributed by atoms with van der Waals surface area (Å²) in [7, 11) is 0. The molecule has 1 N–H and O–H groups in total. The second-order valence-electron chi connectivity index (χ2n) is 3.81. The molecule has 0 aliphatic heterocycles. The van der Waals surface area contributed by atoms with Crippen LogP contribution in [0.4, 0.5) is 0 Å². The highest BCUT2D eigenvalue weighted by atomic mass is 16.1. The Labute approximate surface area is 97.1 Å². The third-order valence-electron chi connectivity index (χ3n) is 2.59. The summed E-state index contributed by atoms with van der Waals surface area (Å²) in [5.41, 5.74) is 2.61. The molecular formula is C12H10N4O. The lowest BCUT2D eigenvalue weighted by atomic mass is 10.2. The number of aromatic nitrogens is 4. The zero-order chi connectivity index (χ0) is 11.8. The SMILES string of the molecule is CC(=O)c1nnc2cc(-c3ccccc3)[nH]n12. The molecule has 0 aliphatic rings. The Morgan fingerprint density at radius 3 is 2.71 bits per heavy atom. The quantitative estimate of drug-likeness (QED) is 0.679. The topological polar surface area (TPSA) is 63.0 Å². The van der Waals surface area contributed by atoms with Gasteiger partial charge in [0.25, 0.3) is 0 Å². The fourth-order valence-corrected chi connectivity index (χ4v) is 1.78. The van der Waals surface area contributed by atoms with Crippen LogP contribution in [-0.4, -0.2) is 25.6 Å². The second kappa shape index (κ2) is 3.55. The van der Waals surface area contributed by atoms with Gasteiger partial charge < -0.3 is 0 Å². The van der Waals surface area contributed by atoms with Crippen molar-refractivity contribution < 1.29 is 4.79 Å². The molecule has 0 amide bonds. The van der Waals surface area contributed by atoms with Crippen LogP contribution in [-0.2, 0) is 0 Å². The van der Waals surface area contributed by atoms with E-state index in [2.05, 4.69) is 15.3 Å². The molecule has 5 heteroatoms. The first-order valence-electron chi connectivity index (χ1n) is 5.26. The van der Waals surface area contributed by atoms with Crippen LogP contribution >= 0.6 is 0 Å². The molecule has 0 atom stereocenters. The largest absolute Gasteiger partial charge is 0.291 e. The van der Waals surface area contributed by atoms with Crippen LogP contribution in [0.25, 0.3) is 16.9 Å². The van der Waals surface area contributed by atoms with E-state index in [1.165, 1.54) is 6.92 Å². The molecule has 2 aromatic heterocycles. The predicted octanol–water partition coefficient (Wildman–Crippen LogP) is 1.93. The van der Waals surface area contributed by atoms with Gasteiger partial charge in [-0.2, -0.15) is 0 Å². The summed E-state index contributed by atoms with van der Waals surface area (Å²) >= 11 is 0. The molecule has 1 aromatic carbocycles. The standard InChI is InChI=1S/C12H10N4O/c1-8(17)12-14-13-11-7-10(15-16(11)12)9-5-3-2-4-6-9/h2-7,15H,1H3. The number of carbonyl (C=O) groups is 1. The van der Waals surface area contributed by atoms with Gasteiger partial charge in [-0.3, -0.25) is 9.89 Å². The van der Waals surface area contributed by atoms with Crippen molar-refractivity contribution in [1.82, 2.24) is 19.8 Å². The van der Waals surface area contributed by atoms with Gasteiger partial charge >= 0.3 is 0 Å². The Morgan fingerprint density at radius 1 is 1.24 bits per heavy atom.